The van der Waals surface area contributed by atoms with Gasteiger partial charge in [0.15, 0.2) is 5.58 Å². The van der Waals surface area contributed by atoms with E-state index in [0.29, 0.717) is 11.1 Å². The fraction of sp³-hybridized carbons (Fsp3) is 0.200. The summed E-state index contributed by atoms with van der Waals surface area (Å²) < 4.78 is 8.25. The number of oxazole rings is 1. The van der Waals surface area contributed by atoms with Crippen LogP contribution in [0.1, 0.15) is 31.5 Å². The lowest BCUT2D eigenvalue weighted by atomic mass is 10.1. The first-order valence-electron chi connectivity index (χ1n) is 8.90. The zero-order valence-corrected chi connectivity index (χ0v) is 15.4. The summed E-state index contributed by atoms with van der Waals surface area (Å²) in [6.45, 7) is 3.57. The fourth-order valence-corrected chi connectivity index (χ4v) is 3.14. The minimum Gasteiger partial charge on any atom is -0.408 e. The molecule has 2 aromatic heterocycles. The number of nitrogens with one attached hydrogen (secondary N) is 1. The third kappa shape index (κ3) is 3.20. The first-order chi connectivity index (χ1) is 13.5. The highest BCUT2D eigenvalue weighted by atomic mass is 16.4. The molecule has 2 atom stereocenters. The van der Waals surface area contributed by atoms with E-state index < -0.39 is 11.8 Å². The van der Waals surface area contributed by atoms with Gasteiger partial charge in [-0.2, -0.15) is 5.10 Å². The number of amides is 1. The molecule has 28 heavy (non-hydrogen) atoms. The average Bonchev–Trinajstić information content (AvgIpc) is 3.34. The summed E-state index contributed by atoms with van der Waals surface area (Å²) in [6.07, 6.45) is 3.09. The maximum absolute atomic E-state index is 12.7. The Kier molecular flexibility index (Phi) is 4.52. The molecular weight excluding hydrogens is 358 g/mol. The lowest BCUT2D eigenvalue weighted by molar-refractivity contribution is -0.124. The van der Waals surface area contributed by atoms with E-state index in [9.17, 15) is 9.59 Å². The van der Waals surface area contributed by atoms with Gasteiger partial charge in [0.25, 0.3) is 0 Å². The van der Waals surface area contributed by atoms with Gasteiger partial charge in [0.2, 0.25) is 5.91 Å². The molecule has 8 nitrogen and oxygen atoms in total. The van der Waals surface area contributed by atoms with Gasteiger partial charge in [-0.3, -0.25) is 9.36 Å². The molecular formula is C20H19N5O3. The molecule has 1 amide bonds. The number of aromatic nitrogens is 4. The molecule has 0 bridgehead atoms. The number of para-hydroxylation sites is 2. The van der Waals surface area contributed by atoms with Gasteiger partial charge in [-0.1, -0.05) is 24.3 Å². The second kappa shape index (κ2) is 7.15. The number of carbonyl (C=O) groups excluding carboxylic acids is 1. The molecule has 0 aliphatic rings. The predicted molar refractivity (Wildman–Crippen MR) is 103 cm³/mol. The SMILES string of the molecule is C[C@@H](NC(=O)[C@H](C)n1c(=O)oc2ccccc21)c1ccc(-n2cncn2)cc1. The first-order valence-corrected chi connectivity index (χ1v) is 8.90. The molecule has 8 heteroatoms. The van der Waals surface area contributed by atoms with Gasteiger partial charge in [-0.15, -0.1) is 0 Å². The van der Waals surface area contributed by atoms with Crippen LogP contribution in [-0.4, -0.2) is 25.2 Å². The molecule has 0 aliphatic carbocycles. The van der Waals surface area contributed by atoms with Crippen LogP contribution in [0.15, 0.2) is 70.4 Å². The van der Waals surface area contributed by atoms with E-state index >= 15 is 0 Å². The Hall–Kier alpha value is -3.68. The number of carbonyl (C=O) groups is 1. The lowest BCUT2D eigenvalue weighted by Crippen LogP contribution is -2.35. The van der Waals surface area contributed by atoms with Crippen molar-refractivity contribution in [3.8, 4) is 5.69 Å². The van der Waals surface area contributed by atoms with Crippen molar-refractivity contribution in [3.63, 3.8) is 0 Å². The average molecular weight is 377 g/mol. The minimum atomic E-state index is -0.701. The molecule has 0 spiro atoms. The van der Waals surface area contributed by atoms with Crippen LogP contribution in [0.25, 0.3) is 16.8 Å². The summed E-state index contributed by atoms with van der Waals surface area (Å²) in [5.41, 5.74) is 2.88. The van der Waals surface area contributed by atoms with E-state index in [1.54, 1.807) is 42.2 Å². The summed E-state index contributed by atoms with van der Waals surface area (Å²) >= 11 is 0. The summed E-state index contributed by atoms with van der Waals surface area (Å²) in [6, 6.07) is 13.8. The third-order valence-corrected chi connectivity index (χ3v) is 4.72. The lowest BCUT2D eigenvalue weighted by Gasteiger charge is -2.18. The van der Waals surface area contributed by atoms with Crippen molar-refractivity contribution < 1.29 is 9.21 Å². The van der Waals surface area contributed by atoms with E-state index in [1.165, 1.54) is 10.9 Å². The van der Waals surface area contributed by atoms with Crippen LogP contribution >= 0.6 is 0 Å². The van der Waals surface area contributed by atoms with Crippen molar-refractivity contribution in [2.45, 2.75) is 25.9 Å². The van der Waals surface area contributed by atoms with Crippen LogP contribution in [0.3, 0.4) is 0 Å². The van der Waals surface area contributed by atoms with Crippen molar-refractivity contribution in [3.05, 3.63) is 77.3 Å². The Labute approximate surface area is 160 Å². The minimum absolute atomic E-state index is 0.228. The van der Waals surface area contributed by atoms with E-state index in [2.05, 4.69) is 15.4 Å². The van der Waals surface area contributed by atoms with Crippen LogP contribution in [0.4, 0.5) is 0 Å². The van der Waals surface area contributed by atoms with Crippen LogP contribution in [0.2, 0.25) is 0 Å². The summed E-state index contributed by atoms with van der Waals surface area (Å²) in [7, 11) is 0. The van der Waals surface area contributed by atoms with Crippen LogP contribution < -0.4 is 11.1 Å². The van der Waals surface area contributed by atoms with Crippen molar-refractivity contribution >= 4 is 17.0 Å². The monoisotopic (exact) mass is 377 g/mol. The summed E-state index contributed by atoms with van der Waals surface area (Å²) in [5, 5.41) is 7.04. The van der Waals surface area contributed by atoms with Gasteiger partial charge in [-0.25, -0.2) is 14.5 Å². The molecule has 1 N–H and O–H groups in total. The molecule has 0 saturated carbocycles. The maximum atomic E-state index is 12.7. The fourth-order valence-electron chi connectivity index (χ4n) is 3.14. The van der Waals surface area contributed by atoms with E-state index in [4.69, 9.17) is 4.42 Å². The molecule has 4 aromatic rings. The number of nitrogens with zero attached hydrogens (tertiary/aromatic N) is 4. The second-order valence-corrected chi connectivity index (χ2v) is 6.54. The molecule has 2 aromatic carbocycles. The zero-order valence-electron chi connectivity index (χ0n) is 15.4. The first kappa shape index (κ1) is 17.7. The van der Waals surface area contributed by atoms with E-state index in [1.807, 2.05) is 31.2 Å². The van der Waals surface area contributed by atoms with Gasteiger partial charge in [0.1, 0.15) is 18.7 Å². The Balaban J connectivity index is 1.51. The second-order valence-electron chi connectivity index (χ2n) is 6.54. The largest absolute Gasteiger partial charge is 0.420 e. The molecule has 0 radical (unpaired) electrons. The Bertz CT molecular complexity index is 1160. The van der Waals surface area contributed by atoms with E-state index in [0.717, 1.165) is 11.3 Å². The highest BCUT2D eigenvalue weighted by Gasteiger charge is 2.22. The zero-order chi connectivity index (χ0) is 19.7. The van der Waals surface area contributed by atoms with E-state index in [-0.39, 0.29) is 11.9 Å². The molecule has 2 heterocycles. The Morgan fingerprint density at radius 2 is 1.86 bits per heavy atom. The van der Waals surface area contributed by atoms with Crippen molar-refractivity contribution in [2.24, 2.45) is 0 Å². The molecule has 0 aliphatic heterocycles. The van der Waals surface area contributed by atoms with Gasteiger partial charge in [0, 0.05) is 0 Å². The van der Waals surface area contributed by atoms with Crippen molar-refractivity contribution in [1.29, 1.82) is 0 Å². The highest BCUT2D eigenvalue weighted by molar-refractivity contribution is 5.83. The summed E-state index contributed by atoms with van der Waals surface area (Å²) in [5.74, 6) is -0.810. The Morgan fingerprint density at radius 3 is 2.57 bits per heavy atom. The Morgan fingerprint density at radius 1 is 1.11 bits per heavy atom. The normalized spacial score (nSPS) is 13.4. The van der Waals surface area contributed by atoms with Gasteiger partial charge < -0.3 is 9.73 Å². The topological polar surface area (TPSA) is 95.0 Å². The number of benzene rings is 2. The van der Waals surface area contributed by atoms with Crippen molar-refractivity contribution in [2.75, 3.05) is 0 Å². The quantitative estimate of drug-likeness (QED) is 0.577. The predicted octanol–water partition coefficient (Wildman–Crippen LogP) is 2.61. The van der Waals surface area contributed by atoms with Crippen LogP contribution in [0, 0.1) is 0 Å². The third-order valence-electron chi connectivity index (χ3n) is 4.72. The smallest absolute Gasteiger partial charge is 0.408 e. The molecule has 0 fully saturated rings. The standard InChI is InChI=1S/C20H19N5O3/c1-13(15-7-9-16(10-8-15)24-12-21-11-22-24)23-19(26)14(2)25-17-5-3-4-6-18(17)28-20(25)27/h3-14H,1-2H3,(H,23,26)/t13-,14+/m1/s1. The molecule has 0 unspecified atom stereocenters. The van der Waals surface area contributed by atoms with Gasteiger partial charge >= 0.3 is 5.76 Å². The maximum Gasteiger partial charge on any atom is 0.420 e. The van der Waals surface area contributed by atoms with Crippen LogP contribution in [0.5, 0.6) is 0 Å². The number of fused-ring (bicyclic) bond motifs is 1. The number of hydrogen-bond donors (Lipinski definition) is 1. The van der Waals surface area contributed by atoms with Gasteiger partial charge in [-0.05, 0) is 43.7 Å². The molecule has 142 valence electrons. The van der Waals surface area contributed by atoms with Crippen LogP contribution in [-0.2, 0) is 4.79 Å². The van der Waals surface area contributed by atoms with Crippen molar-refractivity contribution in [1.82, 2.24) is 24.6 Å². The molecule has 0 saturated heterocycles. The molecule has 4 rings (SSSR count). The highest BCUT2D eigenvalue weighted by Crippen LogP contribution is 2.19. The number of rotatable bonds is 5. The summed E-state index contributed by atoms with van der Waals surface area (Å²) in [4.78, 5) is 28.9. The number of hydrogen-bond acceptors (Lipinski definition) is 5. The van der Waals surface area contributed by atoms with Gasteiger partial charge in [0.05, 0.1) is 17.2 Å².